The number of carbonyl (C=O) groups excluding carboxylic acids is 2. The van der Waals surface area contributed by atoms with E-state index in [-0.39, 0.29) is 29.8 Å². The first kappa shape index (κ1) is 31.8. The predicted octanol–water partition coefficient (Wildman–Crippen LogP) is 6.01. The lowest BCUT2D eigenvalue weighted by atomic mass is 10.0. The van der Waals surface area contributed by atoms with Crippen molar-refractivity contribution in [3.63, 3.8) is 0 Å². The summed E-state index contributed by atoms with van der Waals surface area (Å²) < 4.78 is 29.2. The normalized spacial score (nSPS) is 12.0. The fourth-order valence-electron chi connectivity index (χ4n) is 4.80. The summed E-state index contributed by atoms with van der Waals surface area (Å²) in [5, 5.41) is 3.50. The summed E-state index contributed by atoms with van der Waals surface area (Å²) in [4.78, 5) is 29.7. The fourth-order valence-corrected chi connectivity index (χ4v) is 6.42. The third-order valence-electron chi connectivity index (χ3n) is 6.96. The van der Waals surface area contributed by atoms with Crippen LogP contribution in [0.5, 0.6) is 0 Å². The van der Waals surface area contributed by atoms with Crippen molar-refractivity contribution in [2.75, 3.05) is 10.8 Å². The first-order valence-corrected chi connectivity index (χ1v) is 15.9. The van der Waals surface area contributed by atoms with Gasteiger partial charge in [-0.1, -0.05) is 90.5 Å². The first-order chi connectivity index (χ1) is 20.6. The molecule has 0 saturated heterocycles. The lowest BCUT2D eigenvalue weighted by Gasteiger charge is -2.34. The zero-order chi connectivity index (χ0) is 31.0. The number of halogens is 1. The van der Waals surface area contributed by atoms with E-state index in [0.29, 0.717) is 16.3 Å². The lowest BCUT2D eigenvalue weighted by molar-refractivity contribution is -0.140. The van der Waals surface area contributed by atoms with Gasteiger partial charge in [-0.2, -0.15) is 0 Å². The third-order valence-corrected chi connectivity index (χ3v) is 8.99. The number of sulfonamides is 1. The van der Waals surface area contributed by atoms with Gasteiger partial charge in [-0.05, 0) is 67.8 Å². The second-order valence-electron chi connectivity index (χ2n) is 10.6. The molecule has 4 aromatic carbocycles. The summed E-state index contributed by atoms with van der Waals surface area (Å²) in [5.74, 6) is -0.841. The van der Waals surface area contributed by atoms with Gasteiger partial charge < -0.3 is 10.2 Å². The number of para-hydroxylation sites is 1. The van der Waals surface area contributed by atoms with Crippen molar-refractivity contribution in [1.82, 2.24) is 10.2 Å². The van der Waals surface area contributed by atoms with Gasteiger partial charge in [0.1, 0.15) is 12.6 Å². The molecule has 4 aromatic rings. The van der Waals surface area contributed by atoms with Crippen molar-refractivity contribution < 1.29 is 18.0 Å². The number of hydrogen-bond acceptors (Lipinski definition) is 4. The number of aryl methyl sites for hydroxylation is 1. The van der Waals surface area contributed by atoms with Crippen molar-refractivity contribution in [2.24, 2.45) is 0 Å². The molecule has 0 unspecified atom stereocenters. The van der Waals surface area contributed by atoms with Crippen LogP contribution < -0.4 is 9.62 Å². The van der Waals surface area contributed by atoms with Crippen molar-refractivity contribution in [2.45, 2.75) is 50.7 Å². The van der Waals surface area contributed by atoms with Gasteiger partial charge >= 0.3 is 0 Å². The monoisotopic (exact) mass is 617 g/mol. The van der Waals surface area contributed by atoms with Crippen molar-refractivity contribution in [3.05, 3.63) is 131 Å². The Bertz CT molecular complexity index is 1630. The Kier molecular flexibility index (Phi) is 10.6. The average Bonchev–Trinajstić information content (AvgIpc) is 2.99. The summed E-state index contributed by atoms with van der Waals surface area (Å²) in [5.41, 5.74) is 2.70. The van der Waals surface area contributed by atoms with Crippen molar-refractivity contribution >= 4 is 39.1 Å². The molecule has 4 rings (SSSR count). The molecule has 9 heteroatoms. The van der Waals surface area contributed by atoms with Crippen LogP contribution in [0.25, 0.3) is 0 Å². The standard InChI is InChI=1S/C34H36ClN3O4S/c1-25(2)36-34(40)32(22-27-13-6-4-7-14-27)37(23-28-18-20-29(35)21-19-28)33(39)24-38(31-17-11-10-12-26(31)3)43(41,42)30-15-8-5-9-16-30/h4-21,25,32H,22-24H2,1-3H3,(H,36,40)/t32-/m0/s1. The molecular formula is C34H36ClN3O4S. The summed E-state index contributed by atoms with van der Waals surface area (Å²) in [6.45, 7) is 5.08. The quantitative estimate of drug-likeness (QED) is 0.211. The molecule has 43 heavy (non-hydrogen) atoms. The Balaban J connectivity index is 1.80. The van der Waals surface area contributed by atoms with E-state index >= 15 is 0 Å². The average molecular weight is 618 g/mol. The van der Waals surface area contributed by atoms with Crippen LogP contribution in [0.1, 0.15) is 30.5 Å². The SMILES string of the molecule is Cc1ccccc1N(CC(=O)N(Cc1ccc(Cl)cc1)[C@@H](Cc1ccccc1)C(=O)NC(C)C)S(=O)(=O)c1ccccc1. The highest BCUT2D eigenvalue weighted by Crippen LogP contribution is 2.27. The highest BCUT2D eigenvalue weighted by atomic mass is 35.5. The summed E-state index contributed by atoms with van der Waals surface area (Å²) in [6, 6.07) is 30.5. The van der Waals surface area contributed by atoms with E-state index in [1.165, 1.54) is 17.0 Å². The smallest absolute Gasteiger partial charge is 0.264 e. The molecule has 0 aliphatic heterocycles. The minimum absolute atomic E-state index is 0.0636. The summed E-state index contributed by atoms with van der Waals surface area (Å²) in [7, 11) is -4.14. The van der Waals surface area contributed by atoms with Crippen molar-refractivity contribution in [1.29, 1.82) is 0 Å². The molecule has 0 radical (unpaired) electrons. The maximum Gasteiger partial charge on any atom is 0.264 e. The van der Waals surface area contributed by atoms with Crippen LogP contribution >= 0.6 is 11.6 Å². The van der Waals surface area contributed by atoms with Gasteiger partial charge in [-0.25, -0.2) is 8.42 Å². The zero-order valence-electron chi connectivity index (χ0n) is 24.5. The van der Waals surface area contributed by atoms with E-state index in [9.17, 15) is 18.0 Å². The molecule has 1 N–H and O–H groups in total. The topological polar surface area (TPSA) is 86.8 Å². The Labute approximate surface area is 259 Å². The molecular weight excluding hydrogens is 582 g/mol. The summed E-state index contributed by atoms with van der Waals surface area (Å²) in [6.07, 6.45) is 0.245. The van der Waals surface area contributed by atoms with Crippen LogP contribution in [0.2, 0.25) is 5.02 Å². The molecule has 0 bridgehead atoms. The van der Waals surface area contributed by atoms with Gasteiger partial charge in [0.2, 0.25) is 11.8 Å². The second-order valence-corrected chi connectivity index (χ2v) is 12.9. The number of amides is 2. The maximum atomic E-state index is 14.4. The van der Waals surface area contributed by atoms with Gasteiger partial charge in [0.05, 0.1) is 10.6 Å². The van der Waals surface area contributed by atoms with Crippen LogP contribution in [0.3, 0.4) is 0 Å². The van der Waals surface area contributed by atoms with Gasteiger partial charge in [-0.3, -0.25) is 13.9 Å². The second kappa shape index (κ2) is 14.4. The molecule has 1 atom stereocenters. The molecule has 224 valence electrons. The predicted molar refractivity (Wildman–Crippen MR) is 171 cm³/mol. The Hall–Kier alpha value is -4.14. The molecule has 0 saturated carbocycles. The van der Waals surface area contributed by atoms with Crippen LogP contribution in [0.4, 0.5) is 5.69 Å². The van der Waals surface area contributed by atoms with Crippen LogP contribution in [0, 0.1) is 6.92 Å². The molecule has 7 nitrogen and oxygen atoms in total. The van der Waals surface area contributed by atoms with E-state index in [4.69, 9.17) is 11.6 Å². The van der Waals surface area contributed by atoms with Gasteiger partial charge in [0.25, 0.3) is 10.0 Å². The highest BCUT2D eigenvalue weighted by molar-refractivity contribution is 7.92. The van der Waals surface area contributed by atoms with E-state index in [1.807, 2.05) is 50.2 Å². The lowest BCUT2D eigenvalue weighted by Crippen LogP contribution is -2.54. The van der Waals surface area contributed by atoms with Gasteiger partial charge in [0.15, 0.2) is 0 Å². The molecule has 0 aliphatic rings. The zero-order valence-corrected chi connectivity index (χ0v) is 26.1. The maximum absolute atomic E-state index is 14.4. The fraction of sp³-hybridized carbons (Fsp3) is 0.235. The summed E-state index contributed by atoms with van der Waals surface area (Å²) >= 11 is 6.13. The molecule has 0 spiro atoms. The number of hydrogen-bond donors (Lipinski definition) is 1. The number of anilines is 1. The molecule has 0 fully saturated rings. The molecule has 0 aromatic heterocycles. The Morgan fingerprint density at radius 1 is 0.791 bits per heavy atom. The number of rotatable bonds is 12. The number of nitrogens with zero attached hydrogens (tertiary/aromatic N) is 2. The molecule has 0 aliphatic carbocycles. The molecule has 0 heterocycles. The van der Waals surface area contributed by atoms with E-state index < -0.39 is 28.5 Å². The van der Waals surface area contributed by atoms with Crippen LogP contribution in [-0.2, 0) is 32.6 Å². The third kappa shape index (κ3) is 8.24. The van der Waals surface area contributed by atoms with Crippen LogP contribution in [0.15, 0.2) is 114 Å². The van der Waals surface area contributed by atoms with Gasteiger partial charge in [-0.15, -0.1) is 0 Å². The minimum Gasteiger partial charge on any atom is -0.352 e. The Morgan fingerprint density at radius 2 is 1.37 bits per heavy atom. The van der Waals surface area contributed by atoms with E-state index in [0.717, 1.165) is 15.4 Å². The van der Waals surface area contributed by atoms with E-state index in [1.54, 1.807) is 67.6 Å². The largest absolute Gasteiger partial charge is 0.352 e. The van der Waals surface area contributed by atoms with E-state index in [2.05, 4.69) is 5.32 Å². The molecule has 2 amide bonds. The minimum atomic E-state index is -4.14. The van der Waals surface area contributed by atoms with Gasteiger partial charge in [0, 0.05) is 24.0 Å². The van der Waals surface area contributed by atoms with Crippen LogP contribution in [-0.4, -0.2) is 43.8 Å². The van der Waals surface area contributed by atoms with Crippen molar-refractivity contribution in [3.8, 4) is 0 Å². The Morgan fingerprint density at radius 3 is 1.98 bits per heavy atom. The number of benzene rings is 4. The number of carbonyl (C=O) groups is 2. The highest BCUT2D eigenvalue weighted by Gasteiger charge is 2.35. The number of nitrogens with one attached hydrogen (secondary N) is 1. The first-order valence-electron chi connectivity index (χ1n) is 14.1.